The highest BCUT2D eigenvalue weighted by Crippen LogP contribution is 2.22. The first-order valence-electron chi connectivity index (χ1n) is 11.2. The van der Waals surface area contributed by atoms with E-state index in [1.54, 1.807) is 6.07 Å². The van der Waals surface area contributed by atoms with Gasteiger partial charge in [0.05, 0.1) is 15.2 Å². The standard InChI is InChI=1S/C23H28ClFN4O4S2/c1-14(2)11-18(29-23(31)19-13-20-17(28-19)7-10-34-20)22(30)26-8-3-4-9-27-35(32,33)21-6-5-15(25)12-16(21)24/h5-7,10,12-14,18,27-28H,3-4,8-9,11H2,1-2H3,(H,26,30)(H,29,31)/t18-/m0/s1. The lowest BCUT2D eigenvalue weighted by Gasteiger charge is -2.20. The van der Waals surface area contributed by atoms with Crippen LogP contribution in [0.1, 0.15) is 43.6 Å². The van der Waals surface area contributed by atoms with E-state index < -0.39 is 21.9 Å². The quantitative estimate of drug-likeness (QED) is 0.258. The minimum Gasteiger partial charge on any atom is -0.354 e. The van der Waals surface area contributed by atoms with Crippen LogP contribution in [-0.4, -0.2) is 44.3 Å². The molecule has 0 radical (unpaired) electrons. The van der Waals surface area contributed by atoms with E-state index in [0.717, 1.165) is 28.4 Å². The Balaban J connectivity index is 1.45. The van der Waals surface area contributed by atoms with Crippen LogP contribution in [0.4, 0.5) is 4.39 Å². The number of carbonyl (C=O) groups is 2. The van der Waals surface area contributed by atoms with Crippen molar-refractivity contribution in [2.45, 2.75) is 44.0 Å². The van der Waals surface area contributed by atoms with Crippen molar-refractivity contribution in [2.75, 3.05) is 13.1 Å². The van der Waals surface area contributed by atoms with Crippen molar-refractivity contribution >= 4 is 55.0 Å². The number of H-pyrrole nitrogens is 1. The van der Waals surface area contributed by atoms with Crippen LogP contribution in [0.25, 0.3) is 10.2 Å². The number of halogens is 2. The molecule has 35 heavy (non-hydrogen) atoms. The summed E-state index contributed by atoms with van der Waals surface area (Å²) in [4.78, 5) is 28.2. The lowest BCUT2D eigenvalue weighted by Crippen LogP contribution is -2.47. The van der Waals surface area contributed by atoms with E-state index in [4.69, 9.17) is 11.6 Å². The number of rotatable bonds is 12. The third-order valence-corrected chi connectivity index (χ3v) is 8.00. The van der Waals surface area contributed by atoms with Gasteiger partial charge in [0, 0.05) is 13.1 Å². The zero-order valence-corrected chi connectivity index (χ0v) is 21.7. The number of fused-ring (bicyclic) bond motifs is 1. The van der Waals surface area contributed by atoms with Gasteiger partial charge in [-0.3, -0.25) is 9.59 Å². The molecule has 2 aromatic heterocycles. The Morgan fingerprint density at radius 2 is 1.89 bits per heavy atom. The summed E-state index contributed by atoms with van der Waals surface area (Å²) in [6.45, 7) is 4.38. The SMILES string of the molecule is CC(C)C[C@H](NC(=O)c1cc2sccc2[nH]1)C(=O)NCCCCNS(=O)(=O)c1ccc(F)cc1Cl. The number of benzene rings is 1. The first kappa shape index (κ1) is 27.1. The van der Waals surface area contributed by atoms with Crippen LogP contribution in [0.15, 0.2) is 40.6 Å². The minimum absolute atomic E-state index is 0.127. The molecule has 12 heteroatoms. The number of amides is 2. The van der Waals surface area contributed by atoms with Crippen LogP contribution in [0.2, 0.25) is 5.02 Å². The van der Waals surface area contributed by atoms with E-state index in [2.05, 4.69) is 20.3 Å². The van der Waals surface area contributed by atoms with Crippen LogP contribution in [0, 0.1) is 11.7 Å². The molecule has 0 fully saturated rings. The van der Waals surface area contributed by atoms with Crippen molar-refractivity contribution in [3.8, 4) is 0 Å². The van der Waals surface area contributed by atoms with Crippen LogP contribution in [0.5, 0.6) is 0 Å². The molecule has 0 unspecified atom stereocenters. The van der Waals surface area contributed by atoms with E-state index in [0.29, 0.717) is 31.5 Å². The molecule has 3 rings (SSSR count). The van der Waals surface area contributed by atoms with Crippen molar-refractivity contribution in [1.29, 1.82) is 0 Å². The number of thiophene rings is 1. The monoisotopic (exact) mass is 542 g/mol. The molecule has 1 atom stereocenters. The Bertz CT molecular complexity index is 1260. The van der Waals surface area contributed by atoms with Gasteiger partial charge in [0.2, 0.25) is 15.9 Å². The van der Waals surface area contributed by atoms with Gasteiger partial charge in [-0.1, -0.05) is 25.4 Å². The lowest BCUT2D eigenvalue weighted by molar-refractivity contribution is -0.123. The molecule has 2 amide bonds. The number of hydrogen-bond acceptors (Lipinski definition) is 5. The summed E-state index contributed by atoms with van der Waals surface area (Å²) < 4.78 is 41.2. The van der Waals surface area contributed by atoms with Crippen molar-refractivity contribution in [1.82, 2.24) is 20.3 Å². The molecule has 8 nitrogen and oxygen atoms in total. The minimum atomic E-state index is -3.87. The Morgan fingerprint density at radius 1 is 1.14 bits per heavy atom. The van der Waals surface area contributed by atoms with Crippen molar-refractivity contribution in [3.63, 3.8) is 0 Å². The van der Waals surface area contributed by atoms with Crippen molar-refractivity contribution in [3.05, 3.63) is 52.2 Å². The number of sulfonamides is 1. The fourth-order valence-corrected chi connectivity index (χ4v) is 5.86. The molecule has 3 aromatic rings. The Labute approximate surface area is 212 Å². The third kappa shape index (κ3) is 7.50. The second-order valence-electron chi connectivity index (χ2n) is 8.51. The number of unbranched alkanes of at least 4 members (excludes halogenated alkanes) is 1. The van der Waals surface area contributed by atoms with Gasteiger partial charge in [-0.15, -0.1) is 11.3 Å². The summed E-state index contributed by atoms with van der Waals surface area (Å²) in [6.07, 6.45) is 1.45. The summed E-state index contributed by atoms with van der Waals surface area (Å²) in [6, 6.07) is 6.05. The van der Waals surface area contributed by atoms with E-state index in [1.807, 2.05) is 25.3 Å². The zero-order valence-electron chi connectivity index (χ0n) is 19.4. The van der Waals surface area contributed by atoms with Gasteiger partial charge in [-0.2, -0.15) is 0 Å². The van der Waals surface area contributed by atoms with E-state index in [1.165, 1.54) is 11.3 Å². The Kier molecular flexibility index (Phi) is 9.28. The van der Waals surface area contributed by atoms with Gasteiger partial charge in [0.15, 0.2) is 0 Å². The van der Waals surface area contributed by atoms with E-state index >= 15 is 0 Å². The highest BCUT2D eigenvalue weighted by Gasteiger charge is 2.23. The van der Waals surface area contributed by atoms with E-state index in [-0.39, 0.29) is 34.2 Å². The number of carbonyl (C=O) groups excluding carboxylic acids is 2. The summed E-state index contributed by atoms with van der Waals surface area (Å²) in [5, 5.41) is 7.35. The van der Waals surface area contributed by atoms with Crippen LogP contribution in [0.3, 0.4) is 0 Å². The van der Waals surface area contributed by atoms with Crippen molar-refractivity contribution in [2.24, 2.45) is 5.92 Å². The maximum Gasteiger partial charge on any atom is 0.268 e. The van der Waals surface area contributed by atoms with Crippen LogP contribution < -0.4 is 15.4 Å². The van der Waals surface area contributed by atoms with Crippen LogP contribution in [-0.2, 0) is 14.8 Å². The highest BCUT2D eigenvalue weighted by molar-refractivity contribution is 7.89. The molecule has 1 aromatic carbocycles. The number of hydrogen-bond donors (Lipinski definition) is 4. The third-order valence-electron chi connectivity index (χ3n) is 5.19. The lowest BCUT2D eigenvalue weighted by atomic mass is 10.0. The topological polar surface area (TPSA) is 120 Å². The summed E-state index contributed by atoms with van der Waals surface area (Å²) >= 11 is 7.35. The maximum atomic E-state index is 13.1. The highest BCUT2D eigenvalue weighted by atomic mass is 35.5. The molecule has 0 aliphatic heterocycles. The Morgan fingerprint density at radius 3 is 2.57 bits per heavy atom. The molecule has 0 aliphatic rings. The zero-order chi connectivity index (χ0) is 25.6. The molecule has 2 heterocycles. The van der Waals surface area contributed by atoms with Crippen molar-refractivity contribution < 1.29 is 22.4 Å². The summed E-state index contributed by atoms with van der Waals surface area (Å²) in [5.74, 6) is -1.07. The second kappa shape index (κ2) is 12.0. The van der Waals surface area contributed by atoms with E-state index in [9.17, 15) is 22.4 Å². The van der Waals surface area contributed by atoms with Gasteiger partial charge in [0.1, 0.15) is 22.4 Å². The molecular formula is C23H28ClFN4O4S2. The first-order chi connectivity index (χ1) is 16.6. The van der Waals surface area contributed by atoms with Gasteiger partial charge in [0.25, 0.3) is 5.91 Å². The normalized spacial score (nSPS) is 12.7. The van der Waals surface area contributed by atoms with Gasteiger partial charge in [-0.25, -0.2) is 17.5 Å². The summed E-state index contributed by atoms with van der Waals surface area (Å²) in [5.41, 5.74) is 1.28. The average molecular weight is 543 g/mol. The fourth-order valence-electron chi connectivity index (χ4n) is 3.47. The summed E-state index contributed by atoms with van der Waals surface area (Å²) in [7, 11) is -3.87. The predicted molar refractivity (Wildman–Crippen MR) is 136 cm³/mol. The average Bonchev–Trinajstić information content (AvgIpc) is 3.37. The molecule has 0 spiro atoms. The maximum absolute atomic E-state index is 13.1. The predicted octanol–water partition coefficient (Wildman–Crippen LogP) is 4.04. The molecular weight excluding hydrogens is 515 g/mol. The Hall–Kier alpha value is -2.47. The smallest absolute Gasteiger partial charge is 0.268 e. The van der Waals surface area contributed by atoms with Gasteiger partial charge >= 0.3 is 0 Å². The van der Waals surface area contributed by atoms with Gasteiger partial charge < -0.3 is 15.6 Å². The number of nitrogens with one attached hydrogen (secondary N) is 4. The first-order valence-corrected chi connectivity index (χ1v) is 13.9. The molecule has 0 saturated carbocycles. The molecule has 4 N–H and O–H groups in total. The fraction of sp³-hybridized carbons (Fsp3) is 0.391. The number of aromatic amines is 1. The molecule has 190 valence electrons. The molecule has 0 bridgehead atoms. The molecule has 0 aliphatic carbocycles. The van der Waals surface area contributed by atoms with Gasteiger partial charge in [-0.05, 0) is 60.9 Å². The second-order valence-corrected chi connectivity index (χ2v) is 11.6. The molecule has 0 saturated heterocycles. The largest absolute Gasteiger partial charge is 0.354 e. The number of aromatic nitrogens is 1. The van der Waals surface area contributed by atoms with Crippen LogP contribution >= 0.6 is 22.9 Å².